The second-order valence-electron chi connectivity index (χ2n) is 4.27. The first-order valence-electron chi connectivity index (χ1n) is 5.70. The van der Waals surface area contributed by atoms with Crippen LogP contribution in [0.25, 0.3) is 0 Å². The van der Waals surface area contributed by atoms with E-state index in [0.29, 0.717) is 15.7 Å². The van der Waals surface area contributed by atoms with E-state index in [2.05, 4.69) is 5.32 Å². The van der Waals surface area contributed by atoms with Gasteiger partial charge in [-0.15, -0.1) is 0 Å². The third-order valence-electron chi connectivity index (χ3n) is 2.76. The lowest BCUT2D eigenvalue weighted by Crippen LogP contribution is -2.13. The highest BCUT2D eigenvalue weighted by Crippen LogP contribution is 2.29. The van der Waals surface area contributed by atoms with Gasteiger partial charge in [-0.1, -0.05) is 23.2 Å². The van der Waals surface area contributed by atoms with Crippen LogP contribution < -0.4 is 11.1 Å². The monoisotopic (exact) mass is 312 g/mol. The lowest BCUT2D eigenvalue weighted by atomic mass is 10.1. The third kappa shape index (κ3) is 3.03. The zero-order chi connectivity index (χ0) is 14.9. The van der Waals surface area contributed by atoms with Gasteiger partial charge < -0.3 is 11.1 Å². The lowest BCUT2D eigenvalue weighted by Gasteiger charge is -2.09. The summed E-state index contributed by atoms with van der Waals surface area (Å²) in [6.45, 7) is 1.80. The highest BCUT2D eigenvalue weighted by molar-refractivity contribution is 6.36. The maximum absolute atomic E-state index is 13.3. The van der Waals surface area contributed by atoms with Crippen LogP contribution in [0.5, 0.6) is 0 Å². The molecule has 3 nitrogen and oxygen atoms in total. The van der Waals surface area contributed by atoms with Crippen molar-refractivity contribution < 1.29 is 9.18 Å². The van der Waals surface area contributed by atoms with Gasteiger partial charge in [0.1, 0.15) is 5.82 Å². The first-order valence-corrected chi connectivity index (χ1v) is 6.46. The molecule has 0 saturated carbocycles. The number of aryl methyl sites for hydroxylation is 1. The summed E-state index contributed by atoms with van der Waals surface area (Å²) in [5.74, 6) is -1.14. The lowest BCUT2D eigenvalue weighted by molar-refractivity contribution is 0.102. The smallest absolute Gasteiger partial charge is 0.255 e. The highest BCUT2D eigenvalue weighted by atomic mass is 35.5. The van der Waals surface area contributed by atoms with Crippen LogP contribution in [0.3, 0.4) is 0 Å². The van der Waals surface area contributed by atoms with Gasteiger partial charge >= 0.3 is 0 Å². The average molecular weight is 313 g/mol. The number of carbonyl (C=O) groups is 1. The number of nitrogen functional groups attached to an aromatic ring is 1. The van der Waals surface area contributed by atoms with Crippen molar-refractivity contribution in [2.75, 3.05) is 11.1 Å². The average Bonchev–Trinajstić information content (AvgIpc) is 2.39. The number of rotatable bonds is 2. The Morgan fingerprint density at radius 2 is 1.90 bits per heavy atom. The zero-order valence-corrected chi connectivity index (χ0v) is 12.0. The first kappa shape index (κ1) is 14.6. The minimum atomic E-state index is -0.648. The predicted octanol–water partition coefficient (Wildman–Crippen LogP) is 4.28. The van der Waals surface area contributed by atoms with Gasteiger partial charge in [-0.3, -0.25) is 4.79 Å². The van der Waals surface area contributed by atoms with Gasteiger partial charge in [-0.2, -0.15) is 0 Å². The molecule has 104 valence electrons. The Morgan fingerprint density at radius 3 is 2.55 bits per heavy atom. The molecule has 3 N–H and O–H groups in total. The predicted molar refractivity (Wildman–Crippen MR) is 80.0 cm³/mol. The van der Waals surface area contributed by atoms with E-state index in [1.165, 1.54) is 12.1 Å². The molecule has 2 rings (SSSR count). The number of benzene rings is 2. The summed E-state index contributed by atoms with van der Waals surface area (Å²) in [7, 11) is 0. The summed E-state index contributed by atoms with van der Waals surface area (Å²) in [6, 6.07) is 7.01. The van der Waals surface area contributed by atoms with Crippen molar-refractivity contribution in [1.82, 2.24) is 0 Å². The molecule has 0 aromatic heterocycles. The number of hydrogen-bond donors (Lipinski definition) is 2. The summed E-state index contributed by atoms with van der Waals surface area (Å²) in [4.78, 5) is 12.0. The van der Waals surface area contributed by atoms with Crippen molar-refractivity contribution in [3.8, 4) is 0 Å². The fourth-order valence-corrected chi connectivity index (χ4v) is 2.03. The second kappa shape index (κ2) is 5.69. The Balaban J connectivity index is 2.27. The van der Waals surface area contributed by atoms with E-state index < -0.39 is 11.7 Å². The standard InChI is InChI=1S/C14H11Cl2FN2O/c1-7-4-10(16)13(6-9(7)15)19-14(20)8-2-3-12(18)11(17)5-8/h2-6H,18H2,1H3,(H,19,20). The molecule has 0 aliphatic rings. The minimum Gasteiger partial charge on any atom is -0.396 e. The summed E-state index contributed by atoms with van der Waals surface area (Å²) in [6.07, 6.45) is 0. The molecule has 0 fully saturated rings. The summed E-state index contributed by atoms with van der Waals surface area (Å²) < 4.78 is 13.3. The molecule has 6 heteroatoms. The van der Waals surface area contributed by atoms with Crippen molar-refractivity contribution in [3.05, 3.63) is 57.3 Å². The van der Waals surface area contributed by atoms with E-state index in [1.807, 2.05) is 0 Å². The molecular weight excluding hydrogens is 302 g/mol. The largest absolute Gasteiger partial charge is 0.396 e. The maximum atomic E-state index is 13.3. The molecule has 0 atom stereocenters. The van der Waals surface area contributed by atoms with Crippen LogP contribution in [0.4, 0.5) is 15.8 Å². The van der Waals surface area contributed by atoms with Gasteiger partial charge in [-0.05, 0) is 42.8 Å². The number of nitrogens with two attached hydrogens (primary N) is 1. The van der Waals surface area contributed by atoms with Crippen molar-refractivity contribution in [2.24, 2.45) is 0 Å². The Kier molecular flexibility index (Phi) is 4.16. The van der Waals surface area contributed by atoms with Gasteiger partial charge in [0.05, 0.1) is 16.4 Å². The Labute approximate surface area is 125 Å². The molecule has 0 bridgehead atoms. The summed E-state index contributed by atoms with van der Waals surface area (Å²) >= 11 is 12.0. The van der Waals surface area contributed by atoms with Gasteiger partial charge in [-0.25, -0.2) is 4.39 Å². The Morgan fingerprint density at radius 1 is 1.20 bits per heavy atom. The van der Waals surface area contributed by atoms with Crippen LogP contribution in [-0.4, -0.2) is 5.91 Å². The Bertz CT molecular complexity index is 689. The fourth-order valence-electron chi connectivity index (χ4n) is 1.60. The molecule has 0 saturated heterocycles. The van der Waals surface area contributed by atoms with E-state index in [9.17, 15) is 9.18 Å². The molecule has 0 aliphatic carbocycles. The van der Waals surface area contributed by atoms with Crippen molar-refractivity contribution in [2.45, 2.75) is 6.92 Å². The molecule has 0 radical (unpaired) electrons. The van der Waals surface area contributed by atoms with Gasteiger partial charge in [0, 0.05) is 10.6 Å². The van der Waals surface area contributed by atoms with Crippen LogP contribution >= 0.6 is 23.2 Å². The van der Waals surface area contributed by atoms with E-state index in [0.717, 1.165) is 11.6 Å². The van der Waals surface area contributed by atoms with E-state index in [1.54, 1.807) is 19.1 Å². The molecule has 0 spiro atoms. The quantitative estimate of drug-likeness (QED) is 0.813. The maximum Gasteiger partial charge on any atom is 0.255 e. The van der Waals surface area contributed by atoms with Crippen molar-refractivity contribution >= 4 is 40.5 Å². The van der Waals surface area contributed by atoms with Crippen LogP contribution in [0.15, 0.2) is 30.3 Å². The second-order valence-corrected chi connectivity index (χ2v) is 5.09. The fraction of sp³-hybridized carbons (Fsp3) is 0.0714. The number of amides is 1. The molecule has 2 aromatic rings. The molecule has 20 heavy (non-hydrogen) atoms. The van der Waals surface area contributed by atoms with Crippen LogP contribution in [-0.2, 0) is 0 Å². The SMILES string of the molecule is Cc1cc(Cl)c(NC(=O)c2ccc(N)c(F)c2)cc1Cl. The van der Waals surface area contributed by atoms with Crippen LogP contribution in [0, 0.1) is 12.7 Å². The number of anilines is 2. The third-order valence-corrected chi connectivity index (χ3v) is 3.48. The van der Waals surface area contributed by atoms with Crippen molar-refractivity contribution in [3.63, 3.8) is 0 Å². The van der Waals surface area contributed by atoms with Crippen LogP contribution in [0.1, 0.15) is 15.9 Å². The van der Waals surface area contributed by atoms with Gasteiger partial charge in [0.25, 0.3) is 5.91 Å². The molecule has 0 unspecified atom stereocenters. The Hall–Kier alpha value is -1.78. The topological polar surface area (TPSA) is 55.1 Å². The first-order chi connectivity index (χ1) is 9.38. The number of carbonyl (C=O) groups excluding carboxylic acids is 1. The molecular formula is C14H11Cl2FN2O. The molecule has 2 aromatic carbocycles. The minimum absolute atomic E-state index is 0.0158. The van der Waals surface area contributed by atoms with E-state index in [4.69, 9.17) is 28.9 Å². The number of halogens is 3. The molecule has 0 heterocycles. The van der Waals surface area contributed by atoms with Crippen LogP contribution in [0.2, 0.25) is 10.0 Å². The summed E-state index contributed by atoms with van der Waals surface area (Å²) in [5.41, 5.74) is 6.65. The molecule has 0 aliphatic heterocycles. The van der Waals surface area contributed by atoms with Gasteiger partial charge in [0.2, 0.25) is 0 Å². The number of nitrogens with one attached hydrogen (secondary N) is 1. The van der Waals surface area contributed by atoms with E-state index >= 15 is 0 Å². The summed E-state index contributed by atoms with van der Waals surface area (Å²) in [5, 5.41) is 3.42. The zero-order valence-electron chi connectivity index (χ0n) is 10.5. The number of hydrogen-bond acceptors (Lipinski definition) is 2. The van der Waals surface area contributed by atoms with E-state index in [-0.39, 0.29) is 11.3 Å². The van der Waals surface area contributed by atoms with Gasteiger partial charge in [0.15, 0.2) is 0 Å². The molecule has 1 amide bonds. The normalized spacial score (nSPS) is 10.4. The highest BCUT2D eigenvalue weighted by Gasteiger charge is 2.12. The van der Waals surface area contributed by atoms with Crippen molar-refractivity contribution in [1.29, 1.82) is 0 Å².